The van der Waals surface area contributed by atoms with Gasteiger partial charge >= 0.3 is 29.8 Å². The highest BCUT2D eigenvalue weighted by molar-refractivity contribution is 5.73. The lowest BCUT2D eigenvalue weighted by molar-refractivity contribution is -0.319. The molecule has 0 aromatic heterocycles. The van der Waals surface area contributed by atoms with E-state index >= 15 is 0 Å². The summed E-state index contributed by atoms with van der Waals surface area (Å²) >= 11 is 0. The molecule has 3 fully saturated rings. The monoisotopic (exact) mass is 1030 g/mol. The van der Waals surface area contributed by atoms with Crippen molar-refractivity contribution in [2.45, 2.75) is 205 Å². The summed E-state index contributed by atoms with van der Waals surface area (Å²) in [6, 6.07) is 9.45. The number of ether oxygens (including phenoxy) is 9. The van der Waals surface area contributed by atoms with Crippen molar-refractivity contribution in [2.24, 2.45) is 17.8 Å². The largest absolute Gasteiger partial charge is 0.463 e. The number of hydrogen-bond donors (Lipinski definition) is 1. The van der Waals surface area contributed by atoms with E-state index in [4.69, 9.17) is 42.6 Å². The second-order valence-corrected chi connectivity index (χ2v) is 20.7. The molecular weight excluding hydrogens is 947 g/mol. The SMILES string of the molecule is CCC(=O)O[C@@H]1CC(=O)O[C@H](C)CCN(C)N(CCCCc2ccccc2)C[C@H](OC(C)=O)[C@H](C)C[C@H](CC=O)[C@H]([C@@H]2O[C@H](C)[C@@H](O[C@H]3C[C@@](C)(OC(C)=O)[C@@H](OC(=O)CC)[C@H](C)O3)[C@H](N(C)C)[C@H]2O)[C@@H]1OC. The summed E-state index contributed by atoms with van der Waals surface area (Å²) < 4.78 is 56.1. The van der Waals surface area contributed by atoms with Crippen molar-refractivity contribution in [1.82, 2.24) is 14.9 Å². The smallest absolute Gasteiger partial charge is 0.309 e. The number of nitrogens with zero attached hydrogens (tertiary/aromatic N) is 3. The van der Waals surface area contributed by atoms with Crippen LogP contribution in [0.15, 0.2) is 30.3 Å². The summed E-state index contributed by atoms with van der Waals surface area (Å²) in [5.74, 6) is -4.80. The molecule has 19 nitrogen and oxygen atoms in total. The van der Waals surface area contributed by atoms with Gasteiger partial charge in [0, 0.05) is 72.7 Å². The quantitative estimate of drug-likeness (QED) is 0.0861. The number of methoxy groups -OCH3 is 1. The number of likely N-dealkylation sites (N-methyl/N-ethyl adjacent to an activating group) is 1. The fraction of sp³-hybridized carbons (Fsp3) is 0.778. The molecule has 73 heavy (non-hydrogen) atoms. The minimum atomic E-state index is -1.38. The Balaban J connectivity index is 1.80. The molecule has 4 rings (SSSR count). The number of hydrogen-bond acceptors (Lipinski definition) is 19. The van der Waals surface area contributed by atoms with E-state index in [1.807, 2.05) is 32.2 Å². The number of aliphatic hydroxyl groups excluding tert-OH is 1. The van der Waals surface area contributed by atoms with Crippen LogP contribution in [-0.4, -0.2) is 183 Å². The van der Waals surface area contributed by atoms with Gasteiger partial charge in [-0.05, 0) is 91.3 Å². The van der Waals surface area contributed by atoms with Gasteiger partial charge in [-0.3, -0.25) is 24.0 Å². The molecule has 0 saturated carbocycles. The highest BCUT2D eigenvalue weighted by Gasteiger charge is 2.56. The third-order valence-electron chi connectivity index (χ3n) is 14.6. The van der Waals surface area contributed by atoms with Gasteiger partial charge in [-0.1, -0.05) is 51.1 Å². The minimum absolute atomic E-state index is 0.0154. The van der Waals surface area contributed by atoms with Gasteiger partial charge in [0.1, 0.15) is 36.8 Å². The van der Waals surface area contributed by atoms with Crippen LogP contribution in [0, 0.1) is 17.8 Å². The van der Waals surface area contributed by atoms with Crippen molar-refractivity contribution in [3.8, 4) is 0 Å². The lowest BCUT2D eigenvalue weighted by atomic mass is 9.71. The molecule has 0 amide bonds. The maximum atomic E-state index is 14.0. The van der Waals surface area contributed by atoms with E-state index in [-0.39, 0.29) is 32.1 Å². The Morgan fingerprint density at radius 1 is 0.904 bits per heavy atom. The van der Waals surface area contributed by atoms with Gasteiger partial charge in [0.2, 0.25) is 0 Å². The van der Waals surface area contributed by atoms with Crippen molar-refractivity contribution in [3.63, 3.8) is 0 Å². The van der Waals surface area contributed by atoms with E-state index in [1.165, 1.54) is 26.5 Å². The van der Waals surface area contributed by atoms with E-state index in [2.05, 4.69) is 22.2 Å². The average Bonchev–Trinajstić information content (AvgIpc) is 3.31. The van der Waals surface area contributed by atoms with Gasteiger partial charge in [0.15, 0.2) is 18.0 Å². The molecule has 1 aromatic carbocycles. The Hall–Kier alpha value is -4.08. The van der Waals surface area contributed by atoms with E-state index in [9.17, 15) is 33.9 Å². The van der Waals surface area contributed by atoms with Crippen molar-refractivity contribution in [2.75, 3.05) is 47.9 Å². The van der Waals surface area contributed by atoms with Gasteiger partial charge in [-0.25, -0.2) is 10.0 Å². The Morgan fingerprint density at radius 3 is 2.18 bits per heavy atom. The number of rotatable bonds is 18. The van der Waals surface area contributed by atoms with E-state index in [0.717, 1.165) is 25.5 Å². The lowest BCUT2D eigenvalue weighted by Gasteiger charge is -2.53. The molecule has 0 aliphatic carbocycles. The summed E-state index contributed by atoms with van der Waals surface area (Å²) in [6.45, 7) is 16.3. The number of carbonyl (C=O) groups is 6. The first-order valence-corrected chi connectivity index (χ1v) is 26.3. The van der Waals surface area contributed by atoms with Crippen molar-refractivity contribution in [3.05, 3.63) is 35.9 Å². The van der Waals surface area contributed by atoms with Crippen LogP contribution in [0.5, 0.6) is 0 Å². The van der Waals surface area contributed by atoms with Crippen LogP contribution < -0.4 is 0 Å². The van der Waals surface area contributed by atoms with Crippen molar-refractivity contribution < 1.29 is 76.5 Å². The van der Waals surface area contributed by atoms with Crippen molar-refractivity contribution in [1.29, 1.82) is 0 Å². The second-order valence-electron chi connectivity index (χ2n) is 20.7. The molecule has 3 aliphatic rings. The molecule has 0 unspecified atom stereocenters. The minimum Gasteiger partial charge on any atom is -0.463 e. The predicted octanol–water partition coefficient (Wildman–Crippen LogP) is 5.24. The van der Waals surface area contributed by atoms with Crippen LogP contribution in [0.25, 0.3) is 0 Å². The maximum Gasteiger partial charge on any atom is 0.309 e. The van der Waals surface area contributed by atoms with E-state index in [1.54, 1.807) is 60.5 Å². The molecule has 1 aromatic rings. The normalized spacial score (nSPS) is 34.6. The molecule has 3 heterocycles. The van der Waals surface area contributed by atoms with Crippen molar-refractivity contribution >= 4 is 36.1 Å². The third kappa shape index (κ3) is 17.8. The molecule has 3 aliphatic heterocycles. The number of aliphatic hydroxyl groups is 1. The van der Waals surface area contributed by atoms with E-state index in [0.29, 0.717) is 26.1 Å². The number of benzene rings is 1. The van der Waals surface area contributed by atoms with Crippen LogP contribution in [0.3, 0.4) is 0 Å². The summed E-state index contributed by atoms with van der Waals surface area (Å²) in [7, 11) is 6.94. The molecule has 16 atom stereocenters. The van der Waals surface area contributed by atoms with Crippen LogP contribution in [-0.2, 0) is 77.8 Å². The molecule has 0 spiro atoms. The molecule has 3 saturated heterocycles. The third-order valence-corrected chi connectivity index (χ3v) is 14.6. The van der Waals surface area contributed by atoms with Crippen LogP contribution in [0.2, 0.25) is 0 Å². The Morgan fingerprint density at radius 2 is 1.58 bits per heavy atom. The molecule has 414 valence electrons. The van der Waals surface area contributed by atoms with Crippen LogP contribution in [0.4, 0.5) is 0 Å². The first-order chi connectivity index (χ1) is 34.5. The molecule has 0 radical (unpaired) electrons. The number of cyclic esters (lactones) is 1. The predicted molar refractivity (Wildman–Crippen MR) is 268 cm³/mol. The van der Waals surface area contributed by atoms with Crippen LogP contribution in [0.1, 0.15) is 126 Å². The standard InChI is InChI=1S/C54H87N3O16/c1-14-43(61)70-41-30-45(63)66-34(4)24-27-56(12)57(26-20-19-23-39-21-17-16-18-22-39)32-42(69-37(7)59)33(3)29-40(25-28-58)47(51(41)65-13)52-49(64)48(55(10)11)50(35(5)68-52)72-46-31-54(9,73-38(8)60)53(36(6)67-46)71-44(62)15-2/h16-18,21-22,28,33-36,40-42,46-53,64H,14-15,19-20,23-27,29-32H2,1-13H3/t33-,34-,35-,36+,40+,41-,42+,46+,47+,48-,49-,50-,51-,52+,53+,54-/m1/s1. The van der Waals surface area contributed by atoms with E-state index < -0.39 is 133 Å². The first-order valence-electron chi connectivity index (χ1n) is 26.3. The first kappa shape index (κ1) is 61.5. The van der Waals surface area contributed by atoms with Crippen LogP contribution >= 0.6 is 0 Å². The second kappa shape index (κ2) is 29.3. The number of aldehydes is 1. The van der Waals surface area contributed by atoms with Gasteiger partial charge in [0.05, 0.1) is 43.4 Å². The Kier molecular flexibility index (Phi) is 24.7. The zero-order chi connectivity index (χ0) is 54.2. The fourth-order valence-corrected chi connectivity index (χ4v) is 11.0. The number of aryl methyl sites for hydroxylation is 1. The molecule has 0 bridgehead atoms. The summed E-state index contributed by atoms with van der Waals surface area (Å²) in [5.41, 5.74) is -0.101. The molecular formula is C54H87N3O16. The van der Waals surface area contributed by atoms with Gasteiger partial charge < -0.3 is 57.4 Å². The zero-order valence-electron chi connectivity index (χ0n) is 45.7. The lowest BCUT2D eigenvalue weighted by Crippen LogP contribution is -2.67. The molecule has 19 heteroatoms. The Bertz CT molecular complexity index is 1910. The zero-order valence-corrected chi connectivity index (χ0v) is 45.7. The number of carbonyl (C=O) groups excluding carboxylic acids is 6. The topological polar surface area (TPSA) is 215 Å². The van der Waals surface area contributed by atoms with Gasteiger partial charge in [-0.15, -0.1) is 0 Å². The Labute approximate surface area is 433 Å². The maximum absolute atomic E-state index is 14.0. The molecule has 1 N–H and O–H groups in total. The van der Waals surface area contributed by atoms with Gasteiger partial charge in [0.25, 0.3) is 0 Å². The number of esters is 5. The highest BCUT2D eigenvalue weighted by atomic mass is 16.7. The number of unbranched alkanes of at least 4 members (excludes halogenated alkanes) is 1. The number of hydrazine groups is 1. The fourth-order valence-electron chi connectivity index (χ4n) is 11.0. The highest BCUT2D eigenvalue weighted by Crippen LogP contribution is 2.43. The summed E-state index contributed by atoms with van der Waals surface area (Å²) in [4.78, 5) is 80.0. The van der Waals surface area contributed by atoms with Gasteiger partial charge in [-0.2, -0.15) is 0 Å². The summed E-state index contributed by atoms with van der Waals surface area (Å²) in [6.07, 6.45) is -6.83. The average molecular weight is 1030 g/mol. The summed E-state index contributed by atoms with van der Waals surface area (Å²) in [5, 5.41) is 17.1.